The summed E-state index contributed by atoms with van der Waals surface area (Å²) in [5.74, 6) is 0. The predicted molar refractivity (Wildman–Crippen MR) is 166 cm³/mol. The summed E-state index contributed by atoms with van der Waals surface area (Å²) in [7, 11) is 0. The van der Waals surface area contributed by atoms with Crippen LogP contribution < -0.4 is 10.6 Å². The van der Waals surface area contributed by atoms with E-state index in [1.807, 2.05) is 109 Å². The Morgan fingerprint density at radius 2 is 0.889 bits per heavy atom. The largest absolute Gasteiger partial charge is 0.441 e. The molecule has 2 N–H and O–H groups in total. The number of carbonyl (C=O) groups is 2. The van der Waals surface area contributed by atoms with E-state index in [1.165, 1.54) is 0 Å². The Kier molecular flexibility index (Phi) is 9.98. The van der Waals surface area contributed by atoms with Crippen LogP contribution in [0.1, 0.15) is 34.8 Å². The molecule has 10 nitrogen and oxygen atoms in total. The molecule has 2 aliphatic rings. The number of amides is 2. The zero-order chi connectivity index (χ0) is 30.8. The minimum atomic E-state index is -0.570. The first kappa shape index (κ1) is 30.3. The van der Waals surface area contributed by atoms with Gasteiger partial charge >= 0.3 is 12.2 Å². The Morgan fingerprint density at radius 1 is 0.533 bits per heavy atom. The summed E-state index contributed by atoms with van der Waals surface area (Å²) < 4.78 is 33.8. The molecule has 45 heavy (non-hydrogen) atoms. The maximum atomic E-state index is 12.4. The first-order valence-electron chi connectivity index (χ1n) is 14.8. The standard InChI is InChI=1S/C35H34N2O8/c38-34(44-30-20-40-32(41-21-30)26-7-3-1-4-8-26)36-28-15-11-24(12-16-28)19-25-13-17-29(18-14-25)37-35(39)45-31-22-42-33(43-23-31)27-9-5-2-6-10-27/h1-18,30-33H,19-23H2,(H,36,38)(H,37,39). The summed E-state index contributed by atoms with van der Waals surface area (Å²) in [6.07, 6.45) is -2.37. The van der Waals surface area contributed by atoms with Crippen molar-refractivity contribution < 1.29 is 38.0 Å². The molecule has 0 atom stereocenters. The lowest BCUT2D eigenvalue weighted by molar-refractivity contribution is -0.219. The minimum Gasteiger partial charge on any atom is -0.441 e. The lowest BCUT2D eigenvalue weighted by Gasteiger charge is -2.29. The van der Waals surface area contributed by atoms with Crippen molar-refractivity contribution in [1.82, 2.24) is 0 Å². The van der Waals surface area contributed by atoms with Crippen LogP contribution in [0.5, 0.6) is 0 Å². The van der Waals surface area contributed by atoms with Gasteiger partial charge in [-0.2, -0.15) is 0 Å². The van der Waals surface area contributed by atoms with E-state index in [0.717, 1.165) is 22.3 Å². The van der Waals surface area contributed by atoms with Crippen LogP contribution in [0.3, 0.4) is 0 Å². The van der Waals surface area contributed by atoms with Crippen molar-refractivity contribution in [2.24, 2.45) is 0 Å². The fraction of sp³-hybridized carbons (Fsp3) is 0.257. The average Bonchev–Trinajstić information content (AvgIpc) is 3.08. The summed E-state index contributed by atoms with van der Waals surface area (Å²) >= 11 is 0. The third-order valence-corrected chi connectivity index (χ3v) is 7.23. The zero-order valence-corrected chi connectivity index (χ0v) is 24.5. The first-order chi connectivity index (χ1) is 22.1. The van der Waals surface area contributed by atoms with Gasteiger partial charge in [-0.1, -0.05) is 84.9 Å². The third-order valence-electron chi connectivity index (χ3n) is 7.23. The molecule has 0 radical (unpaired) electrons. The van der Waals surface area contributed by atoms with Gasteiger partial charge in [0.2, 0.25) is 0 Å². The van der Waals surface area contributed by atoms with Gasteiger partial charge in [0.1, 0.15) is 0 Å². The van der Waals surface area contributed by atoms with Crippen LogP contribution in [0.15, 0.2) is 109 Å². The van der Waals surface area contributed by atoms with Crippen molar-refractivity contribution in [2.45, 2.75) is 31.2 Å². The number of anilines is 2. The molecule has 0 spiro atoms. The number of rotatable bonds is 8. The second-order valence-corrected chi connectivity index (χ2v) is 10.7. The monoisotopic (exact) mass is 610 g/mol. The smallest absolute Gasteiger partial charge is 0.412 e. The fourth-order valence-corrected chi connectivity index (χ4v) is 4.96. The molecule has 2 amide bonds. The van der Waals surface area contributed by atoms with Gasteiger partial charge in [-0.25, -0.2) is 9.59 Å². The van der Waals surface area contributed by atoms with Gasteiger partial charge in [0, 0.05) is 22.5 Å². The van der Waals surface area contributed by atoms with E-state index in [9.17, 15) is 9.59 Å². The molecule has 232 valence electrons. The summed E-state index contributed by atoms with van der Waals surface area (Å²) in [5.41, 5.74) is 5.19. The molecule has 2 saturated heterocycles. The van der Waals surface area contributed by atoms with Crippen molar-refractivity contribution in [3.8, 4) is 0 Å². The van der Waals surface area contributed by atoms with Crippen molar-refractivity contribution in [3.63, 3.8) is 0 Å². The van der Waals surface area contributed by atoms with Gasteiger partial charge in [0.15, 0.2) is 24.8 Å². The Balaban J connectivity index is 0.899. The van der Waals surface area contributed by atoms with E-state index in [1.54, 1.807) is 0 Å². The van der Waals surface area contributed by atoms with Crippen LogP contribution in [0.2, 0.25) is 0 Å². The first-order valence-corrected chi connectivity index (χ1v) is 14.8. The van der Waals surface area contributed by atoms with Gasteiger partial charge in [-0.05, 0) is 41.8 Å². The molecule has 2 fully saturated rings. The number of benzene rings is 4. The highest BCUT2D eigenvalue weighted by atomic mass is 16.7. The highest BCUT2D eigenvalue weighted by molar-refractivity contribution is 5.85. The molecule has 4 aromatic rings. The van der Waals surface area contributed by atoms with Gasteiger partial charge in [0.05, 0.1) is 26.4 Å². The highest BCUT2D eigenvalue weighted by Crippen LogP contribution is 2.25. The maximum absolute atomic E-state index is 12.4. The molecule has 0 bridgehead atoms. The molecule has 0 saturated carbocycles. The predicted octanol–water partition coefficient (Wildman–Crippen LogP) is 6.60. The Morgan fingerprint density at radius 3 is 1.24 bits per heavy atom. The molecule has 10 heteroatoms. The van der Waals surface area contributed by atoms with Crippen molar-refractivity contribution in [1.29, 1.82) is 0 Å². The lowest BCUT2D eigenvalue weighted by atomic mass is 10.0. The summed E-state index contributed by atoms with van der Waals surface area (Å²) in [4.78, 5) is 24.8. The normalized spacial score (nSPS) is 21.3. The number of ether oxygens (including phenoxy) is 6. The fourth-order valence-electron chi connectivity index (χ4n) is 4.96. The van der Waals surface area contributed by atoms with Crippen molar-refractivity contribution in [3.05, 3.63) is 131 Å². The zero-order valence-electron chi connectivity index (χ0n) is 24.5. The van der Waals surface area contributed by atoms with E-state index in [-0.39, 0.29) is 26.4 Å². The highest BCUT2D eigenvalue weighted by Gasteiger charge is 2.27. The van der Waals surface area contributed by atoms with Gasteiger partial charge in [-0.3, -0.25) is 10.6 Å². The van der Waals surface area contributed by atoms with E-state index >= 15 is 0 Å². The van der Waals surface area contributed by atoms with E-state index in [0.29, 0.717) is 17.8 Å². The van der Waals surface area contributed by atoms with Crippen LogP contribution >= 0.6 is 0 Å². The Labute approximate surface area is 261 Å². The quantitative estimate of drug-likeness (QED) is 0.229. The molecule has 2 aliphatic heterocycles. The van der Waals surface area contributed by atoms with Crippen LogP contribution in [0.25, 0.3) is 0 Å². The Hall–Kier alpha value is -4.74. The topological polar surface area (TPSA) is 114 Å². The maximum Gasteiger partial charge on any atom is 0.412 e. The molecule has 0 aromatic heterocycles. The third kappa shape index (κ3) is 8.68. The Bertz CT molecular complexity index is 1400. The number of carbonyl (C=O) groups excluding carboxylic acids is 2. The number of hydrogen-bond acceptors (Lipinski definition) is 8. The van der Waals surface area contributed by atoms with Crippen molar-refractivity contribution in [2.75, 3.05) is 37.1 Å². The molecule has 4 aromatic carbocycles. The number of nitrogens with one attached hydrogen (secondary N) is 2. The van der Waals surface area contributed by atoms with Crippen LogP contribution in [-0.4, -0.2) is 50.8 Å². The SMILES string of the molecule is O=C(Nc1ccc(Cc2ccc(NC(=O)OC3COC(c4ccccc4)OC3)cc2)cc1)OC1COC(c2ccccc2)OC1. The molecule has 6 rings (SSSR count). The minimum absolute atomic E-state index is 0.251. The van der Waals surface area contributed by atoms with Gasteiger partial charge in [0.25, 0.3) is 0 Å². The van der Waals surface area contributed by atoms with Crippen molar-refractivity contribution >= 4 is 23.6 Å². The summed E-state index contributed by atoms with van der Waals surface area (Å²) in [5, 5.41) is 5.50. The summed E-state index contributed by atoms with van der Waals surface area (Å²) in [6, 6.07) is 34.3. The van der Waals surface area contributed by atoms with Crippen LogP contribution in [0, 0.1) is 0 Å². The molecule has 2 heterocycles. The van der Waals surface area contributed by atoms with E-state index < -0.39 is 37.0 Å². The van der Waals surface area contributed by atoms with E-state index in [2.05, 4.69) is 10.6 Å². The van der Waals surface area contributed by atoms with Crippen LogP contribution in [0.4, 0.5) is 21.0 Å². The molecule has 0 aliphatic carbocycles. The second kappa shape index (κ2) is 14.8. The summed E-state index contributed by atoms with van der Waals surface area (Å²) in [6.45, 7) is 1.01. The van der Waals surface area contributed by atoms with Gasteiger partial charge in [-0.15, -0.1) is 0 Å². The van der Waals surface area contributed by atoms with Gasteiger partial charge < -0.3 is 28.4 Å². The van der Waals surface area contributed by atoms with Crippen LogP contribution in [-0.2, 0) is 34.8 Å². The second-order valence-electron chi connectivity index (χ2n) is 10.7. The average molecular weight is 611 g/mol. The molecular weight excluding hydrogens is 576 g/mol. The number of hydrogen-bond donors (Lipinski definition) is 2. The molecule has 0 unspecified atom stereocenters. The lowest BCUT2D eigenvalue weighted by Crippen LogP contribution is -2.36. The molecular formula is C35H34N2O8. The van der Waals surface area contributed by atoms with E-state index in [4.69, 9.17) is 28.4 Å².